The number of carbonyl (C=O) groups is 1. The van der Waals surface area contributed by atoms with Crippen molar-refractivity contribution in [3.05, 3.63) is 30.1 Å². The molecule has 1 aromatic carbocycles. The van der Waals surface area contributed by atoms with Gasteiger partial charge >= 0.3 is 0 Å². The molecule has 0 spiro atoms. The number of hydrogen-bond donors (Lipinski definition) is 2. The number of sulfone groups is 1. The van der Waals surface area contributed by atoms with Gasteiger partial charge in [0, 0.05) is 13.0 Å². The van der Waals surface area contributed by atoms with Gasteiger partial charge in [-0.05, 0) is 62.5 Å². The second-order valence-corrected chi connectivity index (χ2v) is 7.96. The SMILES string of the molecule is Cl.O=C(CCC1CCNCC1)NCCS(=O)(=O)c1ccc(F)cc1. The molecule has 1 fully saturated rings. The lowest BCUT2D eigenvalue weighted by Crippen LogP contribution is -2.31. The molecule has 2 rings (SSSR count). The van der Waals surface area contributed by atoms with Gasteiger partial charge in [0.25, 0.3) is 0 Å². The van der Waals surface area contributed by atoms with Crippen molar-refractivity contribution in [2.75, 3.05) is 25.4 Å². The molecule has 0 aliphatic carbocycles. The van der Waals surface area contributed by atoms with Crippen LogP contribution in [0.2, 0.25) is 0 Å². The van der Waals surface area contributed by atoms with Crippen molar-refractivity contribution < 1.29 is 17.6 Å². The standard InChI is InChI=1S/C16H23FN2O3S.ClH/c17-14-2-4-15(5-3-14)23(21,22)12-11-19-16(20)6-1-13-7-9-18-10-8-13;/h2-5,13,18H,1,6-12H2,(H,19,20);1H. The smallest absolute Gasteiger partial charge is 0.220 e. The molecular weight excluding hydrogens is 355 g/mol. The molecule has 1 amide bonds. The molecule has 1 aliphatic heterocycles. The zero-order valence-corrected chi connectivity index (χ0v) is 15.1. The van der Waals surface area contributed by atoms with Crippen LogP contribution in [0.3, 0.4) is 0 Å². The Hall–Kier alpha value is -1.18. The highest BCUT2D eigenvalue weighted by atomic mass is 35.5. The van der Waals surface area contributed by atoms with Crippen LogP contribution in [0.25, 0.3) is 0 Å². The average Bonchev–Trinajstić information content (AvgIpc) is 2.54. The first-order valence-corrected chi connectivity index (χ1v) is 9.58. The molecule has 0 aromatic heterocycles. The van der Waals surface area contributed by atoms with Crippen LogP contribution in [-0.4, -0.2) is 39.7 Å². The van der Waals surface area contributed by atoms with Gasteiger partial charge in [0.05, 0.1) is 10.6 Å². The molecule has 5 nitrogen and oxygen atoms in total. The van der Waals surface area contributed by atoms with Gasteiger partial charge in [-0.3, -0.25) is 4.79 Å². The van der Waals surface area contributed by atoms with Crippen LogP contribution in [-0.2, 0) is 14.6 Å². The number of benzene rings is 1. The predicted octanol–water partition coefficient (Wildman–Crippen LogP) is 1.92. The maximum absolute atomic E-state index is 12.8. The molecule has 0 radical (unpaired) electrons. The van der Waals surface area contributed by atoms with Gasteiger partial charge in [0.15, 0.2) is 9.84 Å². The summed E-state index contributed by atoms with van der Waals surface area (Å²) in [6.07, 6.45) is 3.46. The van der Waals surface area contributed by atoms with Crippen LogP contribution in [0, 0.1) is 11.7 Å². The van der Waals surface area contributed by atoms with Crippen LogP contribution >= 0.6 is 12.4 Å². The van der Waals surface area contributed by atoms with E-state index in [-0.39, 0.29) is 35.5 Å². The van der Waals surface area contributed by atoms with Crippen LogP contribution in [0.1, 0.15) is 25.7 Å². The Labute approximate surface area is 148 Å². The third kappa shape index (κ3) is 6.75. The highest BCUT2D eigenvalue weighted by Gasteiger charge is 2.16. The number of amides is 1. The van der Waals surface area contributed by atoms with Crippen molar-refractivity contribution in [2.45, 2.75) is 30.6 Å². The molecule has 0 saturated carbocycles. The summed E-state index contributed by atoms with van der Waals surface area (Å²) < 4.78 is 36.9. The number of halogens is 2. The van der Waals surface area contributed by atoms with E-state index in [1.54, 1.807) is 0 Å². The Morgan fingerprint density at radius 3 is 2.46 bits per heavy atom. The molecule has 1 heterocycles. The van der Waals surface area contributed by atoms with E-state index in [4.69, 9.17) is 0 Å². The van der Waals surface area contributed by atoms with Crippen molar-refractivity contribution in [2.24, 2.45) is 5.92 Å². The van der Waals surface area contributed by atoms with Gasteiger partial charge < -0.3 is 10.6 Å². The van der Waals surface area contributed by atoms with Crippen molar-refractivity contribution in [1.29, 1.82) is 0 Å². The van der Waals surface area contributed by atoms with Gasteiger partial charge in [-0.2, -0.15) is 0 Å². The Balaban J connectivity index is 0.00000288. The minimum absolute atomic E-state index is 0. The van der Waals surface area contributed by atoms with Gasteiger partial charge in [-0.1, -0.05) is 0 Å². The zero-order valence-electron chi connectivity index (χ0n) is 13.5. The van der Waals surface area contributed by atoms with E-state index >= 15 is 0 Å². The Morgan fingerprint density at radius 2 is 1.83 bits per heavy atom. The second-order valence-electron chi connectivity index (χ2n) is 5.85. The van der Waals surface area contributed by atoms with Crippen LogP contribution in [0.15, 0.2) is 29.2 Å². The summed E-state index contributed by atoms with van der Waals surface area (Å²) in [5.41, 5.74) is 0. The van der Waals surface area contributed by atoms with E-state index in [1.165, 1.54) is 12.1 Å². The monoisotopic (exact) mass is 378 g/mol. The van der Waals surface area contributed by atoms with Gasteiger partial charge in [-0.15, -0.1) is 12.4 Å². The van der Waals surface area contributed by atoms with E-state index in [9.17, 15) is 17.6 Å². The molecule has 2 N–H and O–H groups in total. The quantitative estimate of drug-likeness (QED) is 0.711. The fourth-order valence-corrected chi connectivity index (χ4v) is 3.84. The lowest BCUT2D eigenvalue weighted by Gasteiger charge is -2.22. The summed E-state index contributed by atoms with van der Waals surface area (Å²) >= 11 is 0. The van der Waals surface area contributed by atoms with E-state index in [0.29, 0.717) is 12.3 Å². The van der Waals surface area contributed by atoms with Gasteiger partial charge in [0.1, 0.15) is 5.82 Å². The summed E-state index contributed by atoms with van der Waals surface area (Å²) in [4.78, 5) is 11.9. The van der Waals surface area contributed by atoms with Crippen LogP contribution < -0.4 is 10.6 Å². The minimum atomic E-state index is -3.50. The first-order valence-electron chi connectivity index (χ1n) is 7.93. The number of carbonyl (C=O) groups excluding carboxylic acids is 1. The molecule has 1 aliphatic rings. The third-order valence-electron chi connectivity index (χ3n) is 4.10. The predicted molar refractivity (Wildman–Crippen MR) is 93.5 cm³/mol. The van der Waals surface area contributed by atoms with E-state index < -0.39 is 15.7 Å². The number of piperidine rings is 1. The number of hydrogen-bond acceptors (Lipinski definition) is 4. The van der Waals surface area contributed by atoms with E-state index in [2.05, 4.69) is 10.6 Å². The molecule has 0 unspecified atom stereocenters. The minimum Gasteiger partial charge on any atom is -0.355 e. The largest absolute Gasteiger partial charge is 0.355 e. The first kappa shape index (κ1) is 20.9. The van der Waals surface area contributed by atoms with Crippen LogP contribution in [0.4, 0.5) is 4.39 Å². The summed E-state index contributed by atoms with van der Waals surface area (Å²) in [7, 11) is -3.50. The van der Waals surface area contributed by atoms with Crippen molar-refractivity contribution in [3.63, 3.8) is 0 Å². The van der Waals surface area contributed by atoms with E-state index in [1.807, 2.05) is 0 Å². The van der Waals surface area contributed by atoms with Gasteiger partial charge in [0.2, 0.25) is 5.91 Å². The molecule has 24 heavy (non-hydrogen) atoms. The molecular formula is C16H24ClFN2O3S. The molecule has 136 valence electrons. The molecule has 8 heteroatoms. The van der Waals surface area contributed by atoms with Crippen molar-refractivity contribution >= 4 is 28.2 Å². The molecule has 1 aromatic rings. The topological polar surface area (TPSA) is 75.3 Å². The highest BCUT2D eigenvalue weighted by molar-refractivity contribution is 7.91. The maximum Gasteiger partial charge on any atom is 0.220 e. The Morgan fingerprint density at radius 1 is 1.21 bits per heavy atom. The fraction of sp³-hybridized carbons (Fsp3) is 0.562. The van der Waals surface area contributed by atoms with Crippen molar-refractivity contribution in [1.82, 2.24) is 10.6 Å². The lowest BCUT2D eigenvalue weighted by atomic mass is 9.93. The summed E-state index contributed by atoms with van der Waals surface area (Å²) in [6.45, 7) is 2.08. The maximum atomic E-state index is 12.8. The summed E-state index contributed by atoms with van der Waals surface area (Å²) in [5, 5.41) is 5.93. The second kappa shape index (κ2) is 9.96. The van der Waals surface area contributed by atoms with Crippen molar-refractivity contribution in [3.8, 4) is 0 Å². The number of rotatable bonds is 7. The zero-order chi connectivity index (χ0) is 16.7. The molecule has 0 bridgehead atoms. The lowest BCUT2D eigenvalue weighted by molar-refractivity contribution is -0.121. The molecule has 1 saturated heterocycles. The summed E-state index contributed by atoms with van der Waals surface area (Å²) in [5.74, 6) is -0.199. The Bertz CT molecular complexity index is 617. The summed E-state index contributed by atoms with van der Waals surface area (Å²) in [6, 6.07) is 4.71. The van der Waals surface area contributed by atoms with E-state index in [0.717, 1.165) is 44.5 Å². The number of nitrogens with one attached hydrogen (secondary N) is 2. The first-order chi connectivity index (χ1) is 11.0. The van der Waals surface area contributed by atoms with Gasteiger partial charge in [-0.25, -0.2) is 12.8 Å². The Kier molecular flexibility index (Phi) is 8.66. The highest BCUT2D eigenvalue weighted by Crippen LogP contribution is 2.17. The third-order valence-corrected chi connectivity index (χ3v) is 5.84. The van der Waals surface area contributed by atoms with Crippen LogP contribution in [0.5, 0.6) is 0 Å². The normalized spacial score (nSPS) is 15.5. The fourth-order valence-electron chi connectivity index (χ4n) is 2.68. The molecule has 0 atom stereocenters. The average molecular weight is 379 g/mol.